The molecule has 4 aromatic carbocycles. The Kier molecular flexibility index (Phi) is 11.5. The van der Waals surface area contributed by atoms with Gasteiger partial charge in [-0.25, -0.2) is 0 Å². The quantitative estimate of drug-likeness (QED) is 0.121. The van der Waals surface area contributed by atoms with E-state index in [2.05, 4.69) is 31.3 Å². The second kappa shape index (κ2) is 16.8. The van der Waals surface area contributed by atoms with Gasteiger partial charge >= 0.3 is 11.8 Å². The molecule has 0 aliphatic carbocycles. The van der Waals surface area contributed by atoms with E-state index in [4.69, 9.17) is 18.9 Å². The van der Waals surface area contributed by atoms with Gasteiger partial charge in [-0.1, -0.05) is 50.2 Å². The molecule has 0 spiro atoms. The second-order valence-electron chi connectivity index (χ2n) is 12.2. The smallest absolute Gasteiger partial charge is 0.301 e. The summed E-state index contributed by atoms with van der Waals surface area (Å²) in [6.45, 7) is 8.32. The van der Waals surface area contributed by atoms with Crippen molar-refractivity contribution in [3.63, 3.8) is 0 Å². The molecule has 0 saturated heterocycles. The number of para-hydroxylation sites is 2. The summed E-state index contributed by atoms with van der Waals surface area (Å²) in [5, 5.41) is 20.4. The number of hydrogen-bond acceptors (Lipinski definition) is 12. The van der Waals surface area contributed by atoms with Crippen LogP contribution in [0, 0.1) is 0 Å². The molecule has 0 atom stereocenters. The molecule has 0 bridgehead atoms. The zero-order chi connectivity index (χ0) is 38.2. The van der Waals surface area contributed by atoms with Crippen molar-refractivity contribution in [3.8, 4) is 34.1 Å². The molecule has 0 unspecified atom stereocenters. The van der Waals surface area contributed by atoms with Crippen LogP contribution in [0.4, 0.5) is 22.7 Å². The third kappa shape index (κ3) is 7.72. The van der Waals surface area contributed by atoms with Crippen molar-refractivity contribution in [1.82, 2.24) is 0 Å². The number of hydrogen-bond donors (Lipinski definition) is 2. The van der Waals surface area contributed by atoms with Crippen molar-refractivity contribution in [2.75, 3.05) is 48.3 Å². The van der Waals surface area contributed by atoms with Gasteiger partial charge in [0.2, 0.25) is 0 Å². The predicted octanol–water partition coefficient (Wildman–Crippen LogP) is 7.33. The average molecular weight is 731 g/mol. The van der Waals surface area contributed by atoms with Gasteiger partial charge in [-0.15, -0.1) is 0 Å². The van der Waals surface area contributed by atoms with Crippen LogP contribution >= 0.6 is 0 Å². The van der Waals surface area contributed by atoms with Crippen LogP contribution in [0.3, 0.4) is 0 Å². The van der Waals surface area contributed by atoms with Crippen LogP contribution in [0.1, 0.15) is 40.5 Å². The highest BCUT2D eigenvalue weighted by Crippen LogP contribution is 2.46. The third-order valence-electron chi connectivity index (χ3n) is 8.37. The minimum atomic E-state index is -0.359. The summed E-state index contributed by atoms with van der Waals surface area (Å²) in [6.07, 6.45) is 1.51. The number of anilines is 4. The van der Waals surface area contributed by atoms with Crippen molar-refractivity contribution < 1.29 is 28.5 Å². The normalized spacial score (nSPS) is 15.4. The van der Waals surface area contributed by atoms with Gasteiger partial charge in [-0.3, -0.25) is 20.4 Å². The Morgan fingerprint density at radius 2 is 0.981 bits per heavy atom. The molecule has 2 aliphatic heterocycles. The lowest BCUT2D eigenvalue weighted by molar-refractivity contribution is -0.112. The number of benzene rings is 4. The van der Waals surface area contributed by atoms with E-state index in [9.17, 15) is 9.59 Å². The molecule has 0 aromatic heterocycles. The highest BCUT2D eigenvalue weighted by molar-refractivity contribution is 6.71. The minimum absolute atomic E-state index is 0.169. The summed E-state index contributed by atoms with van der Waals surface area (Å²) in [7, 11) is 3.12. The molecule has 278 valence electrons. The third-order valence-corrected chi connectivity index (χ3v) is 8.37. The lowest BCUT2D eigenvalue weighted by Crippen LogP contribution is -2.27. The first-order valence-electron chi connectivity index (χ1n) is 17.5. The fraction of sp³-hybridized carbons (Fsp3) is 0.250. The number of methoxy groups -OCH3 is 2. The number of carbonyl (C=O) groups is 2. The van der Waals surface area contributed by atoms with Crippen LogP contribution in [-0.2, 0) is 9.59 Å². The van der Waals surface area contributed by atoms with E-state index < -0.39 is 0 Å². The summed E-state index contributed by atoms with van der Waals surface area (Å²) in [5.41, 5.74) is 10.9. The summed E-state index contributed by atoms with van der Waals surface area (Å²) in [5.74, 6) is 1.17. The van der Waals surface area contributed by atoms with Gasteiger partial charge in [0.1, 0.15) is 34.4 Å². The Hall–Kier alpha value is -6.70. The molecule has 0 radical (unpaired) electrons. The van der Waals surface area contributed by atoms with Gasteiger partial charge in [-0.2, -0.15) is 30.4 Å². The van der Waals surface area contributed by atoms with Crippen molar-refractivity contribution in [2.24, 2.45) is 20.4 Å². The Bertz CT molecular complexity index is 2000. The van der Waals surface area contributed by atoms with Crippen molar-refractivity contribution in [3.05, 3.63) is 84.9 Å². The summed E-state index contributed by atoms with van der Waals surface area (Å²) < 4.78 is 24.2. The SMILES string of the molecule is CCCOc1cc(-c2cc(OCCC)c(N/N=C3\C(=O)N(c4ccccc4)N=C3C)cc2OC)c(OC)cc1N/N=C1\C(=O)N(c2ccccc2)N=C1C. The van der Waals surface area contributed by atoms with Gasteiger partial charge in [0.05, 0.1) is 50.2 Å². The van der Waals surface area contributed by atoms with Gasteiger partial charge in [0.25, 0.3) is 0 Å². The van der Waals surface area contributed by atoms with Gasteiger partial charge in [-0.05, 0) is 63.1 Å². The average Bonchev–Trinajstić information content (AvgIpc) is 3.66. The molecule has 54 heavy (non-hydrogen) atoms. The van der Waals surface area contributed by atoms with E-state index in [1.165, 1.54) is 10.0 Å². The first-order valence-corrected chi connectivity index (χ1v) is 17.5. The van der Waals surface area contributed by atoms with Crippen LogP contribution in [0.2, 0.25) is 0 Å². The molecule has 2 heterocycles. The van der Waals surface area contributed by atoms with Gasteiger partial charge in [0.15, 0.2) is 11.4 Å². The molecule has 2 amide bonds. The maximum absolute atomic E-state index is 13.3. The number of nitrogens with one attached hydrogen (secondary N) is 2. The van der Waals surface area contributed by atoms with Crippen molar-refractivity contribution in [1.29, 1.82) is 0 Å². The lowest BCUT2D eigenvalue weighted by Gasteiger charge is -2.20. The Morgan fingerprint density at radius 1 is 0.593 bits per heavy atom. The number of carbonyl (C=O) groups excluding carboxylic acids is 2. The minimum Gasteiger partial charge on any atom is -0.496 e. The molecule has 4 aromatic rings. The molecular weight excluding hydrogens is 688 g/mol. The first kappa shape index (κ1) is 37.1. The van der Waals surface area contributed by atoms with Gasteiger partial charge in [0, 0.05) is 23.3 Å². The first-order chi connectivity index (χ1) is 26.3. The molecule has 6 rings (SSSR count). The van der Waals surface area contributed by atoms with E-state index in [0.717, 1.165) is 12.8 Å². The van der Waals surface area contributed by atoms with Crippen LogP contribution in [-0.4, -0.2) is 62.1 Å². The molecule has 14 heteroatoms. The number of ether oxygens (including phenoxy) is 4. The largest absolute Gasteiger partial charge is 0.496 e. The van der Waals surface area contributed by atoms with Crippen LogP contribution < -0.4 is 39.8 Å². The molecular formula is C40H42N8O6. The van der Waals surface area contributed by atoms with E-state index >= 15 is 0 Å². The van der Waals surface area contributed by atoms with Crippen molar-refractivity contribution >= 4 is 57.4 Å². The Morgan fingerprint density at radius 3 is 1.33 bits per heavy atom. The second-order valence-corrected chi connectivity index (χ2v) is 12.2. The molecule has 0 saturated carbocycles. The maximum atomic E-state index is 13.3. The predicted molar refractivity (Wildman–Crippen MR) is 213 cm³/mol. The monoisotopic (exact) mass is 730 g/mol. The van der Waals surface area contributed by atoms with E-state index in [-0.39, 0.29) is 23.2 Å². The number of amides is 2. The van der Waals surface area contributed by atoms with E-state index in [1.807, 2.05) is 62.4 Å². The Balaban J connectivity index is 1.34. The zero-order valence-electron chi connectivity index (χ0n) is 31.0. The zero-order valence-corrected chi connectivity index (χ0v) is 31.0. The molecule has 2 N–H and O–H groups in total. The fourth-order valence-electron chi connectivity index (χ4n) is 5.69. The van der Waals surface area contributed by atoms with E-state index in [1.54, 1.807) is 64.5 Å². The summed E-state index contributed by atoms with van der Waals surface area (Å²) in [4.78, 5) is 26.6. The highest BCUT2D eigenvalue weighted by Gasteiger charge is 2.32. The topological polar surface area (TPSA) is 151 Å². The summed E-state index contributed by atoms with van der Waals surface area (Å²) >= 11 is 0. The molecule has 0 fully saturated rings. The lowest BCUT2D eigenvalue weighted by atomic mass is 10.0. The number of rotatable bonds is 15. The summed E-state index contributed by atoms with van der Waals surface area (Å²) in [6, 6.07) is 25.5. The highest BCUT2D eigenvalue weighted by atomic mass is 16.5. The van der Waals surface area contributed by atoms with Crippen LogP contribution in [0.5, 0.6) is 23.0 Å². The fourth-order valence-corrected chi connectivity index (χ4v) is 5.69. The van der Waals surface area contributed by atoms with Crippen LogP contribution in [0.15, 0.2) is 105 Å². The Labute approximate surface area is 313 Å². The van der Waals surface area contributed by atoms with E-state index in [0.29, 0.717) is 81.5 Å². The number of hydrazone groups is 4. The molecule has 14 nitrogen and oxygen atoms in total. The van der Waals surface area contributed by atoms with Crippen molar-refractivity contribution in [2.45, 2.75) is 40.5 Å². The number of nitrogens with zero attached hydrogens (tertiary/aromatic N) is 6. The standard InChI is InChI=1S/C40H42N8O6/c1-7-19-53-35-21-29(33(51-5)23-31(35)41-43-37-25(3)45-47(39(37)49)27-15-11-9-12-16-27)30-22-36(54-20-8-2)32(24-34(30)52-6)42-44-38-26(4)46-48(40(38)50)28-17-13-10-14-18-28/h9-18,21-24,41-42H,7-8,19-20H2,1-6H3/b43-37-,44-38-. The molecule has 2 aliphatic rings. The maximum Gasteiger partial charge on any atom is 0.301 e. The van der Waals surface area contributed by atoms with Gasteiger partial charge < -0.3 is 18.9 Å². The van der Waals surface area contributed by atoms with Crippen LogP contribution in [0.25, 0.3) is 11.1 Å².